The van der Waals surface area contributed by atoms with E-state index in [4.69, 9.17) is 40.1 Å². The number of aromatic nitrogens is 2. The van der Waals surface area contributed by atoms with Crippen molar-refractivity contribution in [2.75, 3.05) is 31.1 Å². The van der Waals surface area contributed by atoms with Crippen molar-refractivity contribution in [2.45, 2.75) is 146 Å². The molecular formula is C46H63Cl3N8. The van der Waals surface area contributed by atoms with Crippen LogP contribution in [0.4, 0.5) is 5.69 Å². The van der Waals surface area contributed by atoms with Gasteiger partial charge in [-0.05, 0) is 180 Å². The summed E-state index contributed by atoms with van der Waals surface area (Å²) in [4.78, 5) is 11.3. The number of piperidine rings is 2. The summed E-state index contributed by atoms with van der Waals surface area (Å²) < 4.78 is 0. The van der Waals surface area contributed by atoms with Crippen LogP contribution < -0.4 is 20.9 Å². The number of nitrogens with one attached hydrogen (secondary N) is 3. The molecule has 0 aliphatic carbocycles. The first-order chi connectivity index (χ1) is 26.5. The number of anilines is 1. The van der Waals surface area contributed by atoms with Crippen molar-refractivity contribution in [1.29, 1.82) is 10.5 Å². The second kappa shape index (κ2) is 18.8. The molecule has 2 aliphatic rings. The Labute approximate surface area is 357 Å². The minimum atomic E-state index is 0.111. The quantitative estimate of drug-likeness (QED) is 0.175. The van der Waals surface area contributed by atoms with Gasteiger partial charge in [-0.25, -0.2) is 9.97 Å². The van der Waals surface area contributed by atoms with Gasteiger partial charge in [0.1, 0.15) is 33.6 Å². The fraction of sp³-hybridized carbons (Fsp3) is 0.565. The lowest BCUT2D eigenvalue weighted by Crippen LogP contribution is -2.49. The average molecular weight is 834 g/mol. The molecule has 2 fully saturated rings. The molecular weight excluding hydrogens is 771 g/mol. The maximum absolute atomic E-state index is 9.86. The molecule has 2 aromatic carbocycles. The van der Waals surface area contributed by atoms with Crippen LogP contribution in [0.3, 0.4) is 0 Å². The molecule has 2 aliphatic heterocycles. The molecule has 308 valence electrons. The van der Waals surface area contributed by atoms with Crippen LogP contribution in [0, 0.1) is 78.1 Å². The van der Waals surface area contributed by atoms with E-state index >= 15 is 0 Å². The van der Waals surface area contributed by atoms with Gasteiger partial charge < -0.3 is 20.9 Å². The van der Waals surface area contributed by atoms with E-state index in [1.54, 1.807) is 0 Å². The standard InChI is InChI=1S/C23H31ClN4.C14H12Cl2N2.C9H20N2/c1-13-14(2)16(4)20-19(15(13)3)21(18(12-25)22(24)26-20)28-10-8-17(9-11-28)27-23(5,6)7;1-6-7(2)9(4)13-11(8(6)3)12(15)10(5-17)14(16)18-13;1-9(2,3)11-8-4-6-10-7-5-8/h17,27H,8-11H2,1-7H3;1-4H3;8,10-11H,4-7H2,1-3H3. The number of nitriles is 2. The molecule has 11 heteroatoms. The van der Waals surface area contributed by atoms with Crippen molar-refractivity contribution in [3.05, 3.63) is 71.0 Å². The minimum Gasteiger partial charge on any atom is -0.370 e. The maximum atomic E-state index is 9.86. The van der Waals surface area contributed by atoms with Crippen LogP contribution in [0.5, 0.6) is 0 Å². The molecule has 6 rings (SSSR count). The van der Waals surface area contributed by atoms with Crippen molar-refractivity contribution in [3.63, 3.8) is 0 Å². The normalized spacial score (nSPS) is 15.5. The molecule has 0 unspecified atom stereocenters. The fourth-order valence-corrected chi connectivity index (χ4v) is 8.97. The molecule has 0 saturated carbocycles. The second-order valence-electron chi connectivity index (χ2n) is 18.0. The predicted molar refractivity (Wildman–Crippen MR) is 243 cm³/mol. The number of hydrogen-bond donors (Lipinski definition) is 3. The zero-order chi connectivity index (χ0) is 42.7. The summed E-state index contributed by atoms with van der Waals surface area (Å²) in [5.41, 5.74) is 13.1. The molecule has 3 N–H and O–H groups in total. The summed E-state index contributed by atoms with van der Waals surface area (Å²) in [6, 6.07) is 5.57. The number of nitrogens with zero attached hydrogens (tertiary/aromatic N) is 5. The first-order valence-electron chi connectivity index (χ1n) is 20.2. The topological polar surface area (TPSA) is 113 Å². The van der Waals surface area contributed by atoms with E-state index in [1.165, 1.54) is 53.7 Å². The molecule has 4 aromatic rings. The second-order valence-corrected chi connectivity index (χ2v) is 19.1. The molecule has 0 spiro atoms. The van der Waals surface area contributed by atoms with Gasteiger partial charge in [0.05, 0.1) is 21.7 Å². The van der Waals surface area contributed by atoms with E-state index in [0.29, 0.717) is 21.8 Å². The van der Waals surface area contributed by atoms with Gasteiger partial charge in [0.15, 0.2) is 0 Å². The number of rotatable bonds is 3. The fourth-order valence-electron chi connectivity index (χ4n) is 8.12. The van der Waals surface area contributed by atoms with E-state index in [0.717, 1.165) is 76.2 Å². The van der Waals surface area contributed by atoms with Crippen LogP contribution in [-0.4, -0.2) is 59.3 Å². The van der Waals surface area contributed by atoms with Gasteiger partial charge in [-0.1, -0.05) is 34.8 Å². The Kier molecular flexibility index (Phi) is 15.3. The Balaban J connectivity index is 0.000000211. The van der Waals surface area contributed by atoms with Crippen molar-refractivity contribution in [2.24, 2.45) is 0 Å². The molecule has 8 nitrogen and oxygen atoms in total. The maximum Gasteiger partial charge on any atom is 0.149 e. The summed E-state index contributed by atoms with van der Waals surface area (Å²) in [5, 5.41) is 32.4. The van der Waals surface area contributed by atoms with Gasteiger partial charge in [0, 0.05) is 47.0 Å². The first-order valence-corrected chi connectivity index (χ1v) is 21.3. The minimum absolute atomic E-state index is 0.111. The molecule has 0 amide bonds. The molecule has 0 atom stereocenters. The summed E-state index contributed by atoms with van der Waals surface area (Å²) in [5.74, 6) is 0. The Morgan fingerprint density at radius 2 is 0.965 bits per heavy atom. The third-order valence-electron chi connectivity index (χ3n) is 11.7. The lowest BCUT2D eigenvalue weighted by Gasteiger charge is -2.38. The van der Waals surface area contributed by atoms with E-state index < -0.39 is 0 Å². The molecule has 4 heterocycles. The monoisotopic (exact) mass is 832 g/mol. The van der Waals surface area contributed by atoms with Crippen molar-refractivity contribution < 1.29 is 0 Å². The smallest absolute Gasteiger partial charge is 0.149 e. The number of hydrogen-bond acceptors (Lipinski definition) is 8. The van der Waals surface area contributed by atoms with Crippen LogP contribution in [0.1, 0.15) is 123 Å². The van der Waals surface area contributed by atoms with Crippen LogP contribution in [0.2, 0.25) is 15.3 Å². The molecule has 57 heavy (non-hydrogen) atoms. The Bertz CT molecular complexity index is 2210. The van der Waals surface area contributed by atoms with Gasteiger partial charge in [0.25, 0.3) is 0 Å². The molecule has 0 radical (unpaired) electrons. The molecule has 0 bridgehead atoms. The average Bonchev–Trinajstić information content (AvgIpc) is 3.14. The van der Waals surface area contributed by atoms with E-state index in [2.05, 4.69) is 113 Å². The van der Waals surface area contributed by atoms with Crippen molar-refractivity contribution in [1.82, 2.24) is 25.9 Å². The third-order valence-corrected chi connectivity index (χ3v) is 12.6. The SMILES string of the molecule is CC(C)(C)NC1CCNCC1.Cc1c(C)c(C)c2c(Cl)c(C#N)c(Cl)nc2c1C.Cc1c(C)c(C)c2c(N3CCC(NC(C)(C)C)CC3)c(C#N)c(Cl)nc2c1C. The van der Waals surface area contributed by atoms with Gasteiger partial charge in [-0.3, -0.25) is 0 Å². The van der Waals surface area contributed by atoms with Gasteiger partial charge >= 0.3 is 0 Å². The van der Waals surface area contributed by atoms with E-state index in [-0.39, 0.29) is 21.8 Å². The van der Waals surface area contributed by atoms with Crippen molar-refractivity contribution in [3.8, 4) is 12.1 Å². The third kappa shape index (κ3) is 10.7. The highest BCUT2D eigenvalue weighted by Gasteiger charge is 2.28. The highest BCUT2D eigenvalue weighted by Crippen LogP contribution is 2.41. The number of pyridine rings is 2. The Hall–Kier alpha value is -3.21. The van der Waals surface area contributed by atoms with E-state index in [1.807, 2.05) is 26.8 Å². The Morgan fingerprint density at radius 3 is 1.40 bits per heavy atom. The summed E-state index contributed by atoms with van der Waals surface area (Å²) >= 11 is 18.8. The highest BCUT2D eigenvalue weighted by molar-refractivity contribution is 6.40. The highest BCUT2D eigenvalue weighted by atomic mass is 35.5. The molecule has 2 aromatic heterocycles. The van der Waals surface area contributed by atoms with Crippen LogP contribution in [0.25, 0.3) is 21.8 Å². The largest absolute Gasteiger partial charge is 0.370 e. The predicted octanol–water partition coefficient (Wildman–Crippen LogP) is 11.1. The number of benzene rings is 2. The van der Waals surface area contributed by atoms with Gasteiger partial charge in [-0.2, -0.15) is 10.5 Å². The lowest BCUT2D eigenvalue weighted by molar-refractivity contribution is 0.304. The Morgan fingerprint density at radius 1 is 0.579 bits per heavy atom. The van der Waals surface area contributed by atoms with Crippen molar-refractivity contribution >= 4 is 62.3 Å². The van der Waals surface area contributed by atoms with Gasteiger partial charge in [-0.15, -0.1) is 0 Å². The zero-order valence-electron chi connectivity index (χ0n) is 36.7. The van der Waals surface area contributed by atoms with Gasteiger partial charge in [0.2, 0.25) is 0 Å². The number of halogens is 3. The zero-order valence-corrected chi connectivity index (χ0v) is 38.9. The van der Waals surface area contributed by atoms with Crippen LogP contribution >= 0.6 is 34.8 Å². The first kappa shape index (κ1) is 46.5. The number of aryl methyl sites for hydroxylation is 4. The van der Waals surface area contributed by atoms with Crippen LogP contribution in [-0.2, 0) is 0 Å². The summed E-state index contributed by atoms with van der Waals surface area (Å²) in [6.45, 7) is 34.1. The van der Waals surface area contributed by atoms with E-state index in [9.17, 15) is 5.26 Å². The molecule has 2 saturated heterocycles. The summed E-state index contributed by atoms with van der Waals surface area (Å²) in [7, 11) is 0. The number of fused-ring (bicyclic) bond motifs is 2. The summed E-state index contributed by atoms with van der Waals surface area (Å²) in [6.07, 6.45) is 4.65. The van der Waals surface area contributed by atoms with Crippen LogP contribution in [0.15, 0.2) is 0 Å². The lowest BCUT2D eigenvalue weighted by atomic mass is 9.91.